The maximum absolute atomic E-state index is 11.9. The molecule has 2 heterocycles. The molecule has 1 fully saturated rings. The molecule has 0 bridgehead atoms. The molecule has 124 valence electrons. The van der Waals surface area contributed by atoms with E-state index < -0.39 is 5.97 Å². The third-order valence-corrected chi connectivity index (χ3v) is 3.70. The molecule has 3 rings (SSSR count). The van der Waals surface area contributed by atoms with Crippen LogP contribution in [0.25, 0.3) is 0 Å². The van der Waals surface area contributed by atoms with Gasteiger partial charge in [0.05, 0.1) is 29.9 Å². The first-order valence-corrected chi connectivity index (χ1v) is 8.18. The van der Waals surface area contributed by atoms with Crippen LogP contribution in [0.4, 0.5) is 5.95 Å². The molecule has 0 aliphatic carbocycles. The molecule has 2 aromatic rings. The summed E-state index contributed by atoms with van der Waals surface area (Å²) in [6.07, 6.45) is 3.40. The van der Waals surface area contributed by atoms with E-state index in [9.17, 15) is 4.79 Å². The highest BCUT2D eigenvalue weighted by Gasteiger charge is 2.25. The van der Waals surface area contributed by atoms with Crippen molar-refractivity contribution in [1.29, 1.82) is 0 Å². The van der Waals surface area contributed by atoms with E-state index in [1.54, 1.807) is 43.6 Å². The summed E-state index contributed by atoms with van der Waals surface area (Å²) in [6.45, 7) is 3.24. The van der Waals surface area contributed by atoms with Crippen LogP contribution < -0.4 is 9.74 Å². The predicted octanol–water partition coefficient (Wildman–Crippen LogP) is 2.67. The average molecular weight is 391 g/mol. The van der Waals surface area contributed by atoms with Crippen LogP contribution in [0, 0.1) is 0 Å². The Morgan fingerprint density at radius 3 is 2.71 bits per heavy atom. The highest BCUT2D eigenvalue weighted by molar-refractivity contribution is 9.10. The first kappa shape index (κ1) is 16.4. The summed E-state index contributed by atoms with van der Waals surface area (Å²) in [4.78, 5) is 27.7. The summed E-state index contributed by atoms with van der Waals surface area (Å²) in [5.41, 5.74) is 1.20. The summed E-state index contributed by atoms with van der Waals surface area (Å²) in [5.74, 6) is 0.595. The van der Waals surface area contributed by atoms with Gasteiger partial charge in [-0.1, -0.05) is 17.3 Å². The van der Waals surface area contributed by atoms with Crippen LogP contribution in [0.2, 0.25) is 0 Å². The molecule has 1 aliphatic rings. The Hall–Kier alpha value is -2.48. The van der Waals surface area contributed by atoms with Crippen molar-refractivity contribution < 1.29 is 14.4 Å². The summed E-state index contributed by atoms with van der Waals surface area (Å²) in [7, 11) is 0. The first-order valence-electron chi connectivity index (χ1n) is 7.38. The van der Waals surface area contributed by atoms with Crippen molar-refractivity contribution in [3.05, 3.63) is 46.7 Å². The molecule has 1 aromatic heterocycles. The largest absolute Gasteiger partial charge is 0.462 e. The highest BCUT2D eigenvalue weighted by Crippen LogP contribution is 2.21. The Bertz CT molecular complexity index is 756. The maximum atomic E-state index is 11.9. The van der Waals surface area contributed by atoms with Gasteiger partial charge >= 0.3 is 5.97 Å². The summed E-state index contributed by atoms with van der Waals surface area (Å²) in [6, 6.07) is 6.87. The number of carbonyl (C=O) groups excluding carboxylic acids is 1. The fraction of sp³-hybridized carbons (Fsp3) is 0.250. The van der Waals surface area contributed by atoms with Crippen LogP contribution in [0.3, 0.4) is 0 Å². The molecule has 8 heteroatoms. The molecule has 0 amide bonds. The Morgan fingerprint density at radius 1 is 1.29 bits per heavy atom. The number of esters is 1. The Balaban J connectivity index is 1.62. The zero-order valence-electron chi connectivity index (χ0n) is 13.0. The van der Waals surface area contributed by atoms with Crippen molar-refractivity contribution in [3.63, 3.8) is 0 Å². The van der Waals surface area contributed by atoms with Gasteiger partial charge in [-0.15, -0.1) is 0 Å². The zero-order valence-corrected chi connectivity index (χ0v) is 14.6. The number of ether oxygens (including phenoxy) is 1. The minimum Gasteiger partial charge on any atom is -0.462 e. The molecule has 0 radical (unpaired) electrons. The van der Waals surface area contributed by atoms with Gasteiger partial charge < -0.3 is 14.5 Å². The van der Waals surface area contributed by atoms with Gasteiger partial charge in [0, 0.05) is 12.4 Å². The SMILES string of the molecule is CCOC(=O)c1ccccc1ON=C1CN(c2ncc(Br)cn2)C1. The number of carbonyl (C=O) groups is 1. The standard InChI is InChI=1S/C16H15BrN4O3/c1-2-23-15(22)13-5-3-4-6-14(13)24-20-12-9-21(10-12)16-18-7-11(17)8-19-16/h3-8H,2,9-10H2,1H3. The van der Waals surface area contributed by atoms with Gasteiger partial charge in [0.15, 0.2) is 5.75 Å². The number of benzene rings is 1. The molecule has 0 N–H and O–H groups in total. The maximum Gasteiger partial charge on any atom is 0.342 e. The molecule has 1 aromatic carbocycles. The fourth-order valence-corrected chi connectivity index (χ4v) is 2.30. The van der Waals surface area contributed by atoms with Crippen LogP contribution in [0.15, 0.2) is 46.3 Å². The lowest BCUT2D eigenvalue weighted by Crippen LogP contribution is -2.48. The first-order chi connectivity index (χ1) is 11.7. The number of aromatic nitrogens is 2. The smallest absolute Gasteiger partial charge is 0.342 e. The average Bonchev–Trinajstić information content (AvgIpc) is 2.55. The third-order valence-electron chi connectivity index (χ3n) is 3.29. The normalized spacial score (nSPS) is 13.2. The van der Waals surface area contributed by atoms with Gasteiger partial charge in [-0.25, -0.2) is 14.8 Å². The number of hydrogen-bond acceptors (Lipinski definition) is 7. The van der Waals surface area contributed by atoms with Gasteiger partial charge in [0.1, 0.15) is 5.56 Å². The van der Waals surface area contributed by atoms with Crippen molar-refractivity contribution in [2.45, 2.75) is 6.92 Å². The van der Waals surface area contributed by atoms with Gasteiger partial charge in [-0.05, 0) is 35.0 Å². The van der Waals surface area contributed by atoms with E-state index in [4.69, 9.17) is 9.57 Å². The molecule has 7 nitrogen and oxygen atoms in total. The molecular weight excluding hydrogens is 376 g/mol. The second kappa shape index (κ2) is 7.39. The second-order valence-electron chi connectivity index (χ2n) is 5.02. The van der Waals surface area contributed by atoms with Crippen molar-refractivity contribution in [1.82, 2.24) is 9.97 Å². The van der Waals surface area contributed by atoms with Gasteiger partial charge in [0.2, 0.25) is 5.95 Å². The molecule has 1 aliphatic heterocycles. The molecule has 0 saturated carbocycles. The van der Waals surface area contributed by atoms with Crippen LogP contribution in [-0.4, -0.2) is 41.3 Å². The van der Waals surface area contributed by atoms with Crippen LogP contribution in [0.5, 0.6) is 5.75 Å². The van der Waals surface area contributed by atoms with Crippen LogP contribution in [0.1, 0.15) is 17.3 Å². The summed E-state index contributed by atoms with van der Waals surface area (Å²) >= 11 is 3.30. The van der Waals surface area contributed by atoms with Crippen LogP contribution >= 0.6 is 15.9 Å². The zero-order chi connectivity index (χ0) is 16.9. The lowest BCUT2D eigenvalue weighted by molar-refractivity contribution is 0.0521. The lowest BCUT2D eigenvalue weighted by atomic mass is 10.2. The van der Waals surface area contributed by atoms with Gasteiger partial charge in [-0.2, -0.15) is 0 Å². The fourth-order valence-electron chi connectivity index (χ4n) is 2.10. The van der Waals surface area contributed by atoms with E-state index in [-0.39, 0.29) is 0 Å². The number of rotatable bonds is 5. The number of para-hydroxylation sites is 1. The van der Waals surface area contributed by atoms with E-state index >= 15 is 0 Å². The number of hydrogen-bond donors (Lipinski definition) is 0. The van der Waals surface area contributed by atoms with Gasteiger partial charge in [0.25, 0.3) is 0 Å². The number of halogens is 1. The van der Waals surface area contributed by atoms with E-state index in [0.717, 1.165) is 10.2 Å². The third kappa shape index (κ3) is 3.70. The monoisotopic (exact) mass is 390 g/mol. The molecule has 0 spiro atoms. The number of anilines is 1. The number of oxime groups is 1. The van der Waals surface area contributed by atoms with E-state index in [1.165, 1.54) is 0 Å². The quantitative estimate of drug-likeness (QED) is 0.576. The summed E-state index contributed by atoms with van der Waals surface area (Å²) in [5, 5.41) is 4.10. The molecule has 0 atom stereocenters. The van der Waals surface area contributed by atoms with E-state index in [2.05, 4.69) is 31.1 Å². The van der Waals surface area contributed by atoms with Crippen molar-refractivity contribution >= 4 is 33.6 Å². The Labute approximate surface area is 147 Å². The highest BCUT2D eigenvalue weighted by atomic mass is 79.9. The van der Waals surface area contributed by atoms with Crippen molar-refractivity contribution in [2.24, 2.45) is 5.16 Å². The van der Waals surface area contributed by atoms with Gasteiger partial charge in [-0.3, -0.25) is 0 Å². The molecule has 1 saturated heterocycles. The minimum absolute atomic E-state index is 0.309. The van der Waals surface area contributed by atoms with Crippen molar-refractivity contribution in [2.75, 3.05) is 24.6 Å². The molecule has 0 unspecified atom stereocenters. The Kier molecular flexibility index (Phi) is 5.05. The number of nitrogens with zero attached hydrogens (tertiary/aromatic N) is 4. The summed E-state index contributed by atoms with van der Waals surface area (Å²) < 4.78 is 5.84. The van der Waals surface area contributed by atoms with E-state index in [1.807, 2.05) is 4.90 Å². The van der Waals surface area contributed by atoms with E-state index in [0.29, 0.717) is 37.0 Å². The molecular formula is C16H15BrN4O3. The van der Waals surface area contributed by atoms with Crippen LogP contribution in [-0.2, 0) is 4.74 Å². The predicted molar refractivity (Wildman–Crippen MR) is 92.4 cm³/mol. The van der Waals surface area contributed by atoms with Crippen molar-refractivity contribution in [3.8, 4) is 5.75 Å². The molecule has 24 heavy (non-hydrogen) atoms. The second-order valence-corrected chi connectivity index (χ2v) is 5.94. The minimum atomic E-state index is -0.424. The Morgan fingerprint density at radius 2 is 2.00 bits per heavy atom. The topological polar surface area (TPSA) is 76.9 Å². The lowest BCUT2D eigenvalue weighted by Gasteiger charge is -2.31.